The standard InChI is InChI=1S/C30H34F3N3O6S/c1-29(2,3)41-28(38)36(14-16-39-22-8-6-7-21(17-22)30(31,32)33)19-20-10-11-23(34-18-20)24-12-13-25(43-24)27(37)35-42-26-9-4-5-15-40-26/h6-8,10-13,17-18,26H,4-5,9,14-16,19H2,1-3H3,(H,35,37). The van der Waals surface area contributed by atoms with Crippen molar-refractivity contribution in [1.82, 2.24) is 15.4 Å². The minimum Gasteiger partial charge on any atom is -0.492 e. The third kappa shape index (κ3) is 9.94. The first-order chi connectivity index (χ1) is 20.4. The zero-order valence-electron chi connectivity index (χ0n) is 24.1. The smallest absolute Gasteiger partial charge is 0.416 e. The van der Waals surface area contributed by atoms with Crippen molar-refractivity contribution in [2.75, 3.05) is 19.8 Å². The molecule has 3 aromatic rings. The number of hydrogen-bond donors (Lipinski definition) is 1. The number of halogens is 3. The molecule has 0 saturated carbocycles. The molecule has 1 aliphatic rings. The zero-order valence-corrected chi connectivity index (χ0v) is 24.9. The van der Waals surface area contributed by atoms with E-state index in [1.54, 1.807) is 51.2 Å². The van der Waals surface area contributed by atoms with E-state index < -0.39 is 29.7 Å². The third-order valence-corrected chi connectivity index (χ3v) is 7.25. The first-order valence-electron chi connectivity index (χ1n) is 13.8. The molecule has 0 radical (unpaired) electrons. The van der Waals surface area contributed by atoms with Crippen molar-refractivity contribution < 1.29 is 41.8 Å². The number of nitrogens with one attached hydrogen (secondary N) is 1. The summed E-state index contributed by atoms with van der Waals surface area (Å²) >= 11 is 1.26. The van der Waals surface area contributed by atoms with Crippen molar-refractivity contribution in [3.05, 3.63) is 70.7 Å². The minimum absolute atomic E-state index is 0.0443. The second kappa shape index (κ2) is 14.2. The minimum atomic E-state index is -4.49. The Bertz CT molecular complexity index is 1370. The number of carbonyl (C=O) groups excluding carboxylic acids is 2. The van der Waals surface area contributed by atoms with Gasteiger partial charge in [-0.25, -0.2) is 15.1 Å². The largest absolute Gasteiger partial charge is 0.492 e. The SMILES string of the molecule is CC(C)(C)OC(=O)N(CCOc1cccc(C(F)(F)F)c1)Cc1ccc(-c2ccc(C(=O)NOC3CCCCO3)s2)nc1. The Morgan fingerprint density at radius 3 is 2.60 bits per heavy atom. The van der Waals surface area contributed by atoms with Crippen LogP contribution in [0.1, 0.15) is 60.8 Å². The van der Waals surface area contributed by atoms with E-state index in [2.05, 4.69) is 10.5 Å². The molecule has 9 nitrogen and oxygen atoms in total. The molecule has 1 saturated heterocycles. The number of thiophene rings is 1. The Kier molecular flexibility index (Phi) is 10.6. The molecule has 1 atom stereocenters. The van der Waals surface area contributed by atoms with Gasteiger partial charge >= 0.3 is 12.3 Å². The predicted octanol–water partition coefficient (Wildman–Crippen LogP) is 6.83. The highest BCUT2D eigenvalue weighted by Gasteiger charge is 2.30. The summed E-state index contributed by atoms with van der Waals surface area (Å²) in [7, 11) is 0. The van der Waals surface area contributed by atoms with E-state index in [9.17, 15) is 22.8 Å². The van der Waals surface area contributed by atoms with Crippen LogP contribution in [0.5, 0.6) is 5.75 Å². The van der Waals surface area contributed by atoms with Crippen LogP contribution in [0.4, 0.5) is 18.0 Å². The summed E-state index contributed by atoms with van der Waals surface area (Å²) in [5.41, 5.74) is 2.21. The average Bonchev–Trinajstić information content (AvgIpc) is 3.46. The lowest BCUT2D eigenvalue weighted by Crippen LogP contribution is -2.38. The highest BCUT2D eigenvalue weighted by molar-refractivity contribution is 7.17. The molecule has 2 aromatic heterocycles. The summed E-state index contributed by atoms with van der Waals surface area (Å²) in [6.45, 7) is 5.96. The van der Waals surface area contributed by atoms with Crippen molar-refractivity contribution >= 4 is 23.3 Å². The van der Waals surface area contributed by atoms with E-state index in [0.717, 1.165) is 36.3 Å². The summed E-state index contributed by atoms with van der Waals surface area (Å²) in [4.78, 5) is 37.9. The average molecular weight is 622 g/mol. The number of rotatable bonds is 10. The van der Waals surface area contributed by atoms with Gasteiger partial charge in [-0.2, -0.15) is 13.2 Å². The lowest BCUT2D eigenvalue weighted by atomic mass is 10.2. The van der Waals surface area contributed by atoms with Crippen LogP contribution in [0.3, 0.4) is 0 Å². The Morgan fingerprint density at radius 1 is 1.12 bits per heavy atom. The molecule has 0 aliphatic carbocycles. The summed E-state index contributed by atoms with van der Waals surface area (Å²) < 4.78 is 55.6. The van der Waals surface area contributed by atoms with Crippen molar-refractivity contribution in [2.45, 2.75) is 64.6 Å². The summed E-state index contributed by atoms with van der Waals surface area (Å²) in [5, 5.41) is 0. The number of ether oxygens (including phenoxy) is 3. The van der Waals surface area contributed by atoms with Gasteiger partial charge < -0.3 is 19.1 Å². The van der Waals surface area contributed by atoms with Crippen LogP contribution in [0, 0.1) is 0 Å². The fourth-order valence-electron chi connectivity index (χ4n) is 4.05. The lowest BCUT2D eigenvalue weighted by Gasteiger charge is -2.27. The molecule has 3 heterocycles. The van der Waals surface area contributed by atoms with Crippen LogP contribution >= 0.6 is 11.3 Å². The number of alkyl halides is 3. The number of aromatic nitrogens is 1. The molecule has 232 valence electrons. The normalized spacial score (nSPS) is 15.5. The number of amides is 2. The molecule has 2 amide bonds. The van der Waals surface area contributed by atoms with Gasteiger partial charge in [0.25, 0.3) is 5.91 Å². The van der Waals surface area contributed by atoms with Gasteiger partial charge in [0.05, 0.1) is 34.1 Å². The van der Waals surface area contributed by atoms with Crippen LogP contribution < -0.4 is 10.2 Å². The van der Waals surface area contributed by atoms with E-state index >= 15 is 0 Å². The van der Waals surface area contributed by atoms with Crippen LogP contribution in [0.25, 0.3) is 10.6 Å². The molecule has 0 spiro atoms. The second-order valence-corrected chi connectivity index (χ2v) is 11.9. The topological polar surface area (TPSA) is 99.2 Å². The molecule has 4 rings (SSSR count). The van der Waals surface area contributed by atoms with Gasteiger partial charge in [-0.15, -0.1) is 11.3 Å². The van der Waals surface area contributed by atoms with Gasteiger partial charge in [-0.3, -0.25) is 9.78 Å². The van der Waals surface area contributed by atoms with Crippen LogP contribution in [0.2, 0.25) is 0 Å². The van der Waals surface area contributed by atoms with E-state index in [1.165, 1.54) is 28.4 Å². The number of benzene rings is 1. The zero-order chi connectivity index (χ0) is 31.0. The Balaban J connectivity index is 1.37. The molecule has 1 N–H and O–H groups in total. The van der Waals surface area contributed by atoms with Crippen LogP contribution in [-0.4, -0.2) is 53.5 Å². The molecule has 1 unspecified atom stereocenters. The number of hydroxylamine groups is 1. The maximum Gasteiger partial charge on any atom is 0.416 e. The number of carbonyl (C=O) groups is 2. The first kappa shape index (κ1) is 32.2. The summed E-state index contributed by atoms with van der Waals surface area (Å²) in [6, 6.07) is 11.6. The molecule has 1 aromatic carbocycles. The summed E-state index contributed by atoms with van der Waals surface area (Å²) in [6.07, 6.45) is -1.24. The lowest BCUT2D eigenvalue weighted by molar-refractivity contribution is -0.186. The van der Waals surface area contributed by atoms with Crippen molar-refractivity contribution in [2.24, 2.45) is 0 Å². The monoisotopic (exact) mass is 621 g/mol. The second-order valence-electron chi connectivity index (χ2n) is 10.8. The Hall–Kier alpha value is -3.68. The number of hydrogen-bond acceptors (Lipinski definition) is 8. The van der Waals surface area contributed by atoms with Crippen molar-refractivity contribution in [1.29, 1.82) is 0 Å². The Labute approximate surface area is 251 Å². The van der Waals surface area contributed by atoms with E-state index in [-0.39, 0.29) is 31.4 Å². The third-order valence-electron chi connectivity index (χ3n) is 6.14. The molecule has 1 aliphatic heterocycles. The highest BCUT2D eigenvalue weighted by Crippen LogP contribution is 2.31. The van der Waals surface area contributed by atoms with E-state index in [1.807, 2.05) is 0 Å². The van der Waals surface area contributed by atoms with Gasteiger partial charge in [0, 0.05) is 19.2 Å². The quantitative estimate of drug-likeness (QED) is 0.248. The van der Waals surface area contributed by atoms with Gasteiger partial charge in [0.1, 0.15) is 18.0 Å². The molecular formula is C30H34F3N3O6S. The highest BCUT2D eigenvalue weighted by atomic mass is 32.1. The van der Waals surface area contributed by atoms with Crippen LogP contribution in [0.15, 0.2) is 54.7 Å². The summed E-state index contributed by atoms with van der Waals surface area (Å²) in [5.74, 6) is -0.328. The van der Waals surface area contributed by atoms with Gasteiger partial charge in [-0.05, 0) is 75.6 Å². The maximum absolute atomic E-state index is 13.0. The number of pyridine rings is 1. The molecule has 43 heavy (non-hydrogen) atoms. The first-order valence-corrected chi connectivity index (χ1v) is 14.6. The Morgan fingerprint density at radius 2 is 1.93 bits per heavy atom. The fourth-order valence-corrected chi connectivity index (χ4v) is 4.92. The number of nitrogens with zero attached hydrogens (tertiary/aromatic N) is 2. The fraction of sp³-hybridized carbons (Fsp3) is 0.433. The molecule has 13 heteroatoms. The van der Waals surface area contributed by atoms with Gasteiger partial charge in [0.15, 0.2) is 6.29 Å². The molecule has 1 fully saturated rings. The van der Waals surface area contributed by atoms with Crippen LogP contribution in [-0.2, 0) is 27.0 Å². The maximum atomic E-state index is 13.0. The van der Waals surface area contributed by atoms with E-state index in [0.29, 0.717) is 22.7 Å². The molecular weight excluding hydrogens is 587 g/mol. The van der Waals surface area contributed by atoms with E-state index in [4.69, 9.17) is 19.0 Å². The predicted molar refractivity (Wildman–Crippen MR) is 153 cm³/mol. The van der Waals surface area contributed by atoms with Gasteiger partial charge in [0.2, 0.25) is 0 Å². The molecule has 0 bridgehead atoms. The van der Waals surface area contributed by atoms with Crippen molar-refractivity contribution in [3.63, 3.8) is 0 Å². The van der Waals surface area contributed by atoms with Gasteiger partial charge in [-0.1, -0.05) is 12.1 Å². The van der Waals surface area contributed by atoms with Crippen molar-refractivity contribution in [3.8, 4) is 16.3 Å².